The fourth-order valence-corrected chi connectivity index (χ4v) is 3.76. The highest BCUT2D eigenvalue weighted by molar-refractivity contribution is 5.76. The zero-order valence-corrected chi connectivity index (χ0v) is 18.7. The molecule has 0 spiro atoms. The molecule has 9 heteroatoms. The van der Waals surface area contributed by atoms with Crippen LogP contribution in [0.5, 0.6) is 0 Å². The van der Waals surface area contributed by atoms with Crippen LogP contribution in [0.15, 0.2) is 36.7 Å². The van der Waals surface area contributed by atoms with E-state index in [2.05, 4.69) is 33.8 Å². The third-order valence-electron chi connectivity index (χ3n) is 5.92. The van der Waals surface area contributed by atoms with Crippen LogP contribution in [-0.2, 0) is 11.3 Å². The molecule has 1 aromatic carbocycles. The van der Waals surface area contributed by atoms with Crippen LogP contribution in [0.3, 0.4) is 0 Å². The van der Waals surface area contributed by atoms with E-state index in [4.69, 9.17) is 4.98 Å². The van der Waals surface area contributed by atoms with Crippen molar-refractivity contribution in [3.63, 3.8) is 0 Å². The molecule has 32 heavy (non-hydrogen) atoms. The van der Waals surface area contributed by atoms with Gasteiger partial charge >= 0.3 is 0 Å². The average Bonchev–Trinajstić information content (AvgIpc) is 3.24. The van der Waals surface area contributed by atoms with Gasteiger partial charge in [0.05, 0.1) is 0 Å². The molecule has 3 heterocycles. The van der Waals surface area contributed by atoms with Crippen molar-refractivity contribution in [2.45, 2.75) is 39.7 Å². The Hall–Kier alpha value is -3.36. The molecule has 3 aromatic rings. The Balaban J connectivity index is 1.48. The summed E-state index contributed by atoms with van der Waals surface area (Å²) in [6.07, 6.45) is 4.33. The predicted molar refractivity (Wildman–Crippen MR) is 120 cm³/mol. The van der Waals surface area contributed by atoms with Crippen LogP contribution in [0.2, 0.25) is 0 Å². The molecule has 1 amide bonds. The average molecular weight is 438 g/mol. The van der Waals surface area contributed by atoms with Gasteiger partial charge in [0.2, 0.25) is 11.9 Å². The van der Waals surface area contributed by atoms with Crippen LogP contribution in [0.4, 0.5) is 10.3 Å². The maximum absolute atomic E-state index is 13.7. The van der Waals surface area contributed by atoms with Crippen LogP contribution in [0, 0.1) is 12.7 Å². The molecule has 1 unspecified atom stereocenters. The van der Waals surface area contributed by atoms with E-state index in [9.17, 15) is 9.18 Å². The van der Waals surface area contributed by atoms with Crippen LogP contribution in [0.25, 0.3) is 11.4 Å². The van der Waals surface area contributed by atoms with E-state index in [1.165, 1.54) is 6.07 Å². The zero-order valence-electron chi connectivity index (χ0n) is 18.7. The summed E-state index contributed by atoms with van der Waals surface area (Å²) in [6.45, 7) is 8.59. The summed E-state index contributed by atoms with van der Waals surface area (Å²) in [7, 11) is 0. The number of piperazine rings is 1. The first-order valence-electron chi connectivity index (χ1n) is 11.0. The lowest BCUT2D eigenvalue weighted by Gasteiger charge is -2.34. The predicted octanol–water partition coefficient (Wildman–Crippen LogP) is 3.04. The molecular formula is C23H28FN7O. The number of rotatable bonds is 6. The number of anilines is 1. The lowest BCUT2D eigenvalue weighted by Crippen LogP contribution is -2.50. The quantitative estimate of drug-likeness (QED) is 0.590. The van der Waals surface area contributed by atoms with E-state index in [1.54, 1.807) is 42.2 Å². The number of aromatic nitrogens is 5. The van der Waals surface area contributed by atoms with Crippen LogP contribution in [-0.4, -0.2) is 61.7 Å². The second kappa shape index (κ2) is 9.42. The smallest absolute Gasteiger partial charge is 0.244 e. The molecule has 1 fully saturated rings. The van der Waals surface area contributed by atoms with E-state index in [0.29, 0.717) is 43.5 Å². The number of carbonyl (C=O) groups is 1. The Bertz CT molecular complexity index is 1080. The number of halogens is 1. The van der Waals surface area contributed by atoms with Gasteiger partial charge in [0.1, 0.15) is 18.2 Å². The van der Waals surface area contributed by atoms with Crippen molar-refractivity contribution in [2.75, 3.05) is 31.1 Å². The minimum Gasteiger partial charge on any atom is -0.338 e. The highest BCUT2D eigenvalue weighted by Crippen LogP contribution is 2.24. The van der Waals surface area contributed by atoms with Gasteiger partial charge < -0.3 is 9.80 Å². The van der Waals surface area contributed by atoms with Crippen LogP contribution < -0.4 is 4.90 Å². The minimum absolute atomic E-state index is 0.00918. The molecule has 0 radical (unpaired) electrons. The topological polar surface area (TPSA) is 80.0 Å². The molecule has 0 bridgehead atoms. The van der Waals surface area contributed by atoms with Crippen molar-refractivity contribution >= 4 is 11.9 Å². The number of nitrogens with zero attached hydrogens (tertiary/aromatic N) is 7. The molecule has 1 aliphatic heterocycles. The van der Waals surface area contributed by atoms with Gasteiger partial charge in [-0.2, -0.15) is 5.10 Å². The Morgan fingerprint density at radius 2 is 1.88 bits per heavy atom. The summed E-state index contributed by atoms with van der Waals surface area (Å²) >= 11 is 0. The Labute approximate surface area is 187 Å². The van der Waals surface area contributed by atoms with Crippen molar-refractivity contribution in [3.8, 4) is 11.4 Å². The second-order valence-corrected chi connectivity index (χ2v) is 8.14. The van der Waals surface area contributed by atoms with Gasteiger partial charge in [-0.15, -0.1) is 0 Å². The van der Waals surface area contributed by atoms with E-state index < -0.39 is 0 Å². The van der Waals surface area contributed by atoms with Gasteiger partial charge in [0.15, 0.2) is 5.82 Å². The van der Waals surface area contributed by atoms with Crippen LogP contribution >= 0.6 is 0 Å². The summed E-state index contributed by atoms with van der Waals surface area (Å²) < 4.78 is 15.4. The fourth-order valence-electron chi connectivity index (χ4n) is 3.76. The number of hydrogen-bond acceptors (Lipinski definition) is 6. The third-order valence-corrected chi connectivity index (χ3v) is 5.92. The Kier molecular flexibility index (Phi) is 6.43. The van der Waals surface area contributed by atoms with Gasteiger partial charge in [0, 0.05) is 50.1 Å². The first kappa shape index (κ1) is 21.9. The van der Waals surface area contributed by atoms with E-state index in [0.717, 1.165) is 17.8 Å². The minimum atomic E-state index is -0.259. The van der Waals surface area contributed by atoms with Crippen molar-refractivity contribution in [1.29, 1.82) is 0 Å². The van der Waals surface area contributed by atoms with Crippen molar-refractivity contribution < 1.29 is 9.18 Å². The standard InChI is InChI=1S/C23H28FN7O/c1-4-16(2)22-27-21(18-6-7-19(24)17(3)14-18)28-31(22)15-20(32)29-10-12-30(13-11-29)23-25-8-5-9-26-23/h5-9,14,16H,4,10-13,15H2,1-3H3. The number of benzene rings is 1. The Morgan fingerprint density at radius 1 is 1.16 bits per heavy atom. The van der Waals surface area contributed by atoms with Gasteiger partial charge in [0.25, 0.3) is 0 Å². The summed E-state index contributed by atoms with van der Waals surface area (Å²) in [6, 6.07) is 6.63. The SMILES string of the molecule is CCC(C)c1nc(-c2ccc(F)c(C)c2)nn1CC(=O)N1CCN(c2ncccn2)CC1. The van der Waals surface area contributed by atoms with Gasteiger partial charge in [-0.05, 0) is 43.2 Å². The molecule has 2 aromatic heterocycles. The summed E-state index contributed by atoms with van der Waals surface area (Å²) in [4.78, 5) is 30.3. The first-order valence-corrected chi connectivity index (χ1v) is 11.0. The second-order valence-electron chi connectivity index (χ2n) is 8.14. The molecule has 4 rings (SSSR count). The highest BCUT2D eigenvalue weighted by Gasteiger charge is 2.25. The largest absolute Gasteiger partial charge is 0.338 e. The van der Waals surface area contributed by atoms with E-state index in [1.807, 2.05) is 4.90 Å². The molecule has 1 aliphatic rings. The van der Waals surface area contributed by atoms with Gasteiger partial charge in [-0.25, -0.2) is 24.0 Å². The monoisotopic (exact) mass is 437 g/mol. The maximum atomic E-state index is 13.7. The number of carbonyl (C=O) groups excluding carboxylic acids is 1. The van der Waals surface area contributed by atoms with Crippen molar-refractivity contribution in [2.24, 2.45) is 0 Å². The molecule has 0 aliphatic carbocycles. The number of amides is 1. The fraction of sp³-hybridized carbons (Fsp3) is 0.435. The molecule has 0 saturated carbocycles. The lowest BCUT2D eigenvalue weighted by atomic mass is 10.1. The third kappa shape index (κ3) is 4.61. The van der Waals surface area contributed by atoms with Gasteiger partial charge in [-0.3, -0.25) is 4.79 Å². The summed E-state index contributed by atoms with van der Waals surface area (Å²) in [5.41, 5.74) is 1.29. The number of hydrogen-bond donors (Lipinski definition) is 0. The van der Waals surface area contributed by atoms with Crippen molar-refractivity contribution in [1.82, 2.24) is 29.6 Å². The molecule has 1 saturated heterocycles. The van der Waals surface area contributed by atoms with E-state index in [-0.39, 0.29) is 24.2 Å². The summed E-state index contributed by atoms with van der Waals surface area (Å²) in [5.74, 6) is 1.88. The molecule has 0 N–H and O–H groups in total. The Morgan fingerprint density at radius 3 is 2.53 bits per heavy atom. The zero-order chi connectivity index (χ0) is 22.7. The summed E-state index contributed by atoms with van der Waals surface area (Å²) in [5, 5.41) is 4.62. The van der Waals surface area contributed by atoms with Crippen LogP contribution in [0.1, 0.15) is 37.6 Å². The van der Waals surface area contributed by atoms with E-state index >= 15 is 0 Å². The van der Waals surface area contributed by atoms with Gasteiger partial charge in [-0.1, -0.05) is 13.8 Å². The molecule has 1 atom stereocenters. The molecule has 8 nitrogen and oxygen atoms in total. The number of aryl methyl sites for hydroxylation is 1. The normalized spacial score (nSPS) is 15.1. The highest BCUT2D eigenvalue weighted by atomic mass is 19.1. The lowest BCUT2D eigenvalue weighted by molar-refractivity contribution is -0.132. The molecule has 168 valence electrons. The molecular weight excluding hydrogens is 409 g/mol. The maximum Gasteiger partial charge on any atom is 0.244 e. The van der Waals surface area contributed by atoms with Crippen molar-refractivity contribution in [3.05, 3.63) is 53.9 Å². The first-order chi connectivity index (χ1) is 15.5.